The van der Waals surface area contributed by atoms with Gasteiger partial charge in [0.1, 0.15) is 61.2 Å². The molecule has 3 aliphatic rings. The molecule has 3 fully saturated rings. The number of aliphatic hydroxyl groups excluding tert-OH is 9. The number of Topliss-reactive ketones (excluding diaryl/α,β-unsaturated/α-hetero) is 2. The molecule has 1 unspecified atom stereocenters. The summed E-state index contributed by atoms with van der Waals surface area (Å²) in [5.74, 6) is -5.57. The lowest BCUT2D eigenvalue weighted by Gasteiger charge is -2.42. The summed E-state index contributed by atoms with van der Waals surface area (Å²) < 4.78 is 65.7. The molecule has 3 saturated heterocycles. The van der Waals surface area contributed by atoms with E-state index in [1.165, 1.54) is 6.92 Å². The second-order valence-electron chi connectivity index (χ2n) is 23.8. The summed E-state index contributed by atoms with van der Waals surface area (Å²) in [4.78, 5) is 102. The first kappa shape index (κ1) is 84.3. The predicted octanol–water partition coefficient (Wildman–Crippen LogP) is -2.46. The lowest BCUT2D eigenvalue weighted by atomic mass is 9.92. The van der Waals surface area contributed by atoms with Crippen LogP contribution in [-0.2, 0) is 85.1 Å². The molecular formula is C60H108N5O28P. The Hall–Kier alpha value is -3.88. The summed E-state index contributed by atoms with van der Waals surface area (Å²) in [6.07, 6.45) is -10.2. The Morgan fingerprint density at radius 2 is 0.979 bits per heavy atom. The van der Waals surface area contributed by atoms with E-state index in [-0.39, 0.29) is 129 Å². The molecule has 34 heteroatoms. The number of aliphatic hydroxyl groups is 9. The van der Waals surface area contributed by atoms with Gasteiger partial charge in [-0.2, -0.15) is 0 Å². The Kier molecular flexibility index (Phi) is 42.3. The molecule has 0 radical (unpaired) electrons. The number of carbonyl (C=O) groups is 7. The van der Waals surface area contributed by atoms with Gasteiger partial charge in [0.2, 0.25) is 29.5 Å². The molecule has 0 aliphatic carbocycles. The molecular weight excluding hydrogens is 1270 g/mol. The van der Waals surface area contributed by atoms with Crippen LogP contribution in [0.4, 0.5) is 0 Å². The van der Waals surface area contributed by atoms with E-state index in [1.54, 1.807) is 13.8 Å². The van der Waals surface area contributed by atoms with Crippen molar-refractivity contribution in [3.05, 3.63) is 0 Å². The fourth-order valence-electron chi connectivity index (χ4n) is 10.4. The van der Waals surface area contributed by atoms with Gasteiger partial charge in [-0.25, -0.2) is 4.57 Å². The number of carbonyl (C=O) groups excluding carboxylic acids is 7. The normalized spacial score (nSPS) is 27.5. The van der Waals surface area contributed by atoms with E-state index in [2.05, 4.69) is 31.1 Å². The zero-order valence-electron chi connectivity index (χ0n) is 54.7. The van der Waals surface area contributed by atoms with E-state index in [9.17, 15) is 89.0 Å². The Balaban J connectivity index is 1.61. The van der Waals surface area contributed by atoms with Gasteiger partial charge in [0.05, 0.1) is 57.9 Å². The molecule has 15 N–H and O–H groups in total. The minimum absolute atomic E-state index is 0.00681. The highest BCUT2D eigenvalue weighted by molar-refractivity contribution is 7.47. The largest absolute Gasteiger partial charge is 0.471 e. The maximum Gasteiger partial charge on any atom is 0.471 e. The first-order chi connectivity index (χ1) is 44.9. The molecule has 0 aromatic heterocycles. The van der Waals surface area contributed by atoms with Crippen LogP contribution in [-0.4, -0.2) is 277 Å². The number of amides is 5. The van der Waals surface area contributed by atoms with E-state index in [0.29, 0.717) is 64.3 Å². The minimum Gasteiger partial charge on any atom is -0.394 e. The van der Waals surface area contributed by atoms with E-state index in [1.807, 2.05) is 0 Å². The van der Waals surface area contributed by atoms with Crippen molar-refractivity contribution in [1.29, 1.82) is 0 Å². The van der Waals surface area contributed by atoms with Crippen LogP contribution in [0.2, 0.25) is 0 Å². The van der Waals surface area contributed by atoms with E-state index < -0.39 is 161 Å². The Bertz CT molecular complexity index is 2250. The highest BCUT2D eigenvalue weighted by atomic mass is 31.2. The SMILES string of the molecule is COP(=O)(O)OCCCCCCNC(=O)COCCOCCCC(=O)[C@H](CCC(=O)NCCCCO[C@@H]1O[C@H](CO)[C@H](O)[C@H](O)[C@H]1C)NC(=O)[C@H](CCC(=O)NCCCCO[C@@H]1O[C@H](CO)[C@H](O)[C@H](O)[C@H]1NC(C)=O)CC(=O)CCCCO[C@@H]1O[C@H](CO)[C@H](O)[C@H](O)[C@H]1C. The number of nitrogens with one attached hydrogen (secondary N) is 5. The summed E-state index contributed by atoms with van der Waals surface area (Å²) >= 11 is 0. The first-order valence-corrected chi connectivity index (χ1v) is 34.2. The lowest BCUT2D eigenvalue weighted by molar-refractivity contribution is -0.282. The molecule has 3 aliphatic heterocycles. The maximum absolute atomic E-state index is 14.3. The molecule has 3 heterocycles. The third-order valence-electron chi connectivity index (χ3n) is 16.2. The Labute approximate surface area is 549 Å². The molecule has 0 aromatic carbocycles. The number of ether oxygens (including phenoxy) is 8. The summed E-state index contributed by atoms with van der Waals surface area (Å²) in [5.41, 5.74) is 0. The third kappa shape index (κ3) is 32.2. The fraction of sp³-hybridized carbons (Fsp3) is 0.883. The Morgan fingerprint density at radius 1 is 0.511 bits per heavy atom. The molecule has 0 bridgehead atoms. The van der Waals surface area contributed by atoms with Gasteiger partial charge in [0.15, 0.2) is 24.7 Å². The molecule has 94 heavy (non-hydrogen) atoms. The second-order valence-corrected chi connectivity index (χ2v) is 25.4. The monoisotopic (exact) mass is 1380 g/mol. The van der Waals surface area contributed by atoms with E-state index in [4.69, 9.17) is 42.4 Å². The van der Waals surface area contributed by atoms with E-state index >= 15 is 0 Å². The maximum atomic E-state index is 14.3. The zero-order valence-corrected chi connectivity index (χ0v) is 55.6. The molecule has 33 nitrogen and oxygen atoms in total. The number of unbranched alkanes of at least 4 members (excludes halogenated alkanes) is 6. The van der Waals surface area contributed by atoms with Crippen molar-refractivity contribution in [3.8, 4) is 0 Å². The number of phosphoric acid groups is 1. The van der Waals surface area contributed by atoms with Crippen LogP contribution in [0, 0.1) is 17.8 Å². The number of ketones is 2. The molecule has 0 aromatic rings. The van der Waals surface area contributed by atoms with Gasteiger partial charge in [0.25, 0.3) is 0 Å². The standard InChI is InChI=1S/C60H108N5O28P/c1-37-51(75)53(77)44(33-66)91-58(37)87-26-12-7-16-41(70)32-40(18-20-47(72)61-23-10-14-28-89-60-50(64-39(3)69)56(80)55(79)46(35-68)93-60)57(81)65-42(19-21-48(73)62-24-9-13-27-88-59-38(2)52(76)54(78)45(34-67)92-59)43(71)17-15-25-85-30-31-86-36-49(74)63-22-8-5-6-11-29-90-94(82,83)84-4/h37-38,40,42,44-46,50-56,58-60,66-68,75-80H,5-36H2,1-4H3,(H,61,72)(H,62,73)(H,63,74)(H,64,69)(H,65,81)(H,82,83)/t37-,38-,40-,42+,44-,45-,46-,50-,51-,52-,53+,54+,55+,56-,58-,59-,60-/m1/s1. The fourth-order valence-corrected chi connectivity index (χ4v) is 10.9. The highest BCUT2D eigenvalue weighted by Crippen LogP contribution is 2.42. The zero-order chi connectivity index (χ0) is 69.6. The van der Waals surface area contributed by atoms with Gasteiger partial charge in [-0.3, -0.25) is 42.6 Å². The molecule has 0 saturated carbocycles. The first-order valence-electron chi connectivity index (χ1n) is 32.7. The van der Waals surface area contributed by atoms with Crippen LogP contribution < -0.4 is 26.6 Å². The predicted molar refractivity (Wildman–Crippen MR) is 329 cm³/mol. The summed E-state index contributed by atoms with van der Waals surface area (Å²) in [6, 6.07) is -2.35. The smallest absolute Gasteiger partial charge is 0.394 e. The van der Waals surface area contributed by atoms with Crippen molar-refractivity contribution >= 4 is 48.9 Å². The topological polar surface area (TPSA) is 491 Å². The average Bonchev–Trinajstić information content (AvgIpc) is 1.45. The quantitative estimate of drug-likeness (QED) is 0.0222. The van der Waals surface area contributed by atoms with Crippen molar-refractivity contribution in [2.45, 2.75) is 222 Å². The van der Waals surface area contributed by atoms with Gasteiger partial charge in [-0.05, 0) is 70.6 Å². The van der Waals surface area contributed by atoms with Gasteiger partial charge < -0.3 is 115 Å². The van der Waals surface area contributed by atoms with Crippen LogP contribution >= 0.6 is 7.82 Å². The van der Waals surface area contributed by atoms with Crippen molar-refractivity contribution < 1.29 is 136 Å². The van der Waals surface area contributed by atoms with Crippen LogP contribution in [0.15, 0.2) is 0 Å². The molecule has 5 amide bonds. The molecule has 546 valence electrons. The van der Waals surface area contributed by atoms with Crippen LogP contribution in [0.3, 0.4) is 0 Å². The Morgan fingerprint density at radius 3 is 1.52 bits per heavy atom. The average molecular weight is 1380 g/mol. The second kappa shape index (κ2) is 47.2. The van der Waals surface area contributed by atoms with Gasteiger partial charge in [0, 0.05) is 110 Å². The molecule has 3 rings (SSSR count). The molecule has 18 atom stereocenters. The van der Waals surface area contributed by atoms with Crippen molar-refractivity contribution in [3.63, 3.8) is 0 Å². The third-order valence-corrected chi connectivity index (χ3v) is 17.2. The van der Waals surface area contributed by atoms with E-state index in [0.717, 1.165) is 13.5 Å². The number of hydrogen-bond acceptors (Lipinski definition) is 27. The van der Waals surface area contributed by atoms with Crippen LogP contribution in [0.1, 0.15) is 136 Å². The number of hydrogen-bond donors (Lipinski definition) is 15. The van der Waals surface area contributed by atoms with Crippen LogP contribution in [0.5, 0.6) is 0 Å². The number of rotatable bonds is 51. The van der Waals surface area contributed by atoms with Gasteiger partial charge in [-0.1, -0.05) is 26.7 Å². The summed E-state index contributed by atoms with van der Waals surface area (Å²) in [5, 5.41) is 104. The number of phosphoric ester groups is 1. The summed E-state index contributed by atoms with van der Waals surface area (Å²) in [6.45, 7) is 3.92. The van der Waals surface area contributed by atoms with Crippen LogP contribution in [0.25, 0.3) is 0 Å². The van der Waals surface area contributed by atoms with Crippen molar-refractivity contribution in [1.82, 2.24) is 26.6 Å². The van der Waals surface area contributed by atoms with Crippen molar-refractivity contribution in [2.24, 2.45) is 17.8 Å². The minimum atomic E-state index is -4.01. The molecule has 0 spiro atoms. The van der Waals surface area contributed by atoms with Gasteiger partial charge in [-0.15, -0.1) is 0 Å². The lowest BCUT2D eigenvalue weighted by Crippen LogP contribution is -2.64. The summed E-state index contributed by atoms with van der Waals surface area (Å²) in [7, 11) is -2.93. The van der Waals surface area contributed by atoms with Gasteiger partial charge >= 0.3 is 7.82 Å². The highest BCUT2D eigenvalue weighted by Gasteiger charge is 2.46. The van der Waals surface area contributed by atoms with Crippen molar-refractivity contribution in [2.75, 3.05) is 99.4 Å².